The molecule has 29 heavy (non-hydrogen) atoms. The minimum Gasteiger partial charge on any atom is -0.337 e. The Morgan fingerprint density at radius 1 is 1.07 bits per heavy atom. The number of rotatable bonds is 7. The molecule has 0 fully saturated rings. The summed E-state index contributed by atoms with van der Waals surface area (Å²) in [5.41, 5.74) is 0.617. The molecule has 0 aliphatic rings. The third-order valence-corrected chi connectivity index (χ3v) is 6.34. The van der Waals surface area contributed by atoms with E-state index in [4.69, 9.17) is 16.1 Å². The monoisotopic (exact) mass is 434 g/mol. The van der Waals surface area contributed by atoms with Crippen molar-refractivity contribution in [3.63, 3.8) is 0 Å². The van der Waals surface area contributed by atoms with Gasteiger partial charge in [-0.05, 0) is 24.3 Å². The Labute approximate surface area is 173 Å². The standard InChI is InChI=1S/C19H19ClN4O4S/c1-23(12-17-21-19(22-28-17)15-10-6-7-11-16(15)20)18(25)13-24(2)29(26,27)14-8-4-3-5-9-14/h3-11H,12-13H2,1-2H3. The van der Waals surface area contributed by atoms with Crippen molar-refractivity contribution in [2.45, 2.75) is 11.4 Å². The number of amides is 1. The molecule has 3 aromatic rings. The quantitative estimate of drug-likeness (QED) is 0.567. The first-order valence-electron chi connectivity index (χ1n) is 8.62. The van der Waals surface area contributed by atoms with Crippen molar-refractivity contribution in [2.75, 3.05) is 20.6 Å². The van der Waals surface area contributed by atoms with Crippen LogP contribution in [0.25, 0.3) is 11.4 Å². The lowest BCUT2D eigenvalue weighted by Crippen LogP contribution is -2.39. The zero-order valence-corrected chi connectivity index (χ0v) is 17.4. The van der Waals surface area contributed by atoms with Crippen molar-refractivity contribution in [1.29, 1.82) is 0 Å². The lowest BCUT2D eigenvalue weighted by Gasteiger charge is -2.20. The van der Waals surface area contributed by atoms with Gasteiger partial charge < -0.3 is 9.42 Å². The number of sulfonamides is 1. The van der Waals surface area contributed by atoms with Gasteiger partial charge in [0.05, 0.1) is 23.0 Å². The van der Waals surface area contributed by atoms with Crippen LogP contribution in [0, 0.1) is 0 Å². The van der Waals surface area contributed by atoms with Crippen LogP contribution >= 0.6 is 11.6 Å². The fourth-order valence-corrected chi connectivity index (χ4v) is 3.89. The molecule has 3 rings (SSSR count). The predicted molar refractivity (Wildman–Crippen MR) is 107 cm³/mol. The molecule has 0 unspecified atom stereocenters. The number of aromatic nitrogens is 2. The zero-order valence-electron chi connectivity index (χ0n) is 15.8. The number of hydrogen-bond donors (Lipinski definition) is 0. The van der Waals surface area contributed by atoms with Crippen molar-refractivity contribution in [3.8, 4) is 11.4 Å². The van der Waals surface area contributed by atoms with Crippen LogP contribution < -0.4 is 0 Å². The minimum absolute atomic E-state index is 0.0372. The number of hydrogen-bond acceptors (Lipinski definition) is 6. The van der Waals surface area contributed by atoms with E-state index in [1.54, 1.807) is 42.5 Å². The van der Waals surface area contributed by atoms with E-state index in [2.05, 4.69) is 10.1 Å². The van der Waals surface area contributed by atoms with Crippen LogP contribution in [0.15, 0.2) is 64.0 Å². The van der Waals surface area contributed by atoms with Crippen molar-refractivity contribution in [1.82, 2.24) is 19.3 Å². The maximum atomic E-state index is 12.5. The smallest absolute Gasteiger partial charge is 0.246 e. The van der Waals surface area contributed by atoms with Gasteiger partial charge >= 0.3 is 0 Å². The van der Waals surface area contributed by atoms with E-state index in [1.807, 2.05) is 0 Å². The molecule has 0 spiro atoms. The molecule has 1 heterocycles. The normalized spacial score (nSPS) is 11.6. The van der Waals surface area contributed by atoms with Crippen molar-refractivity contribution < 1.29 is 17.7 Å². The topological polar surface area (TPSA) is 96.6 Å². The van der Waals surface area contributed by atoms with Crippen molar-refractivity contribution >= 4 is 27.5 Å². The van der Waals surface area contributed by atoms with E-state index in [0.29, 0.717) is 16.4 Å². The van der Waals surface area contributed by atoms with Gasteiger partial charge in [-0.25, -0.2) is 8.42 Å². The van der Waals surface area contributed by atoms with Crippen LogP contribution in [0.4, 0.5) is 0 Å². The van der Waals surface area contributed by atoms with Gasteiger partial charge in [0.1, 0.15) is 0 Å². The SMILES string of the molecule is CN(Cc1nc(-c2ccccc2Cl)no1)C(=O)CN(C)S(=O)(=O)c1ccccc1. The Kier molecular flexibility index (Phi) is 6.31. The largest absolute Gasteiger partial charge is 0.337 e. The average Bonchev–Trinajstić information content (AvgIpc) is 3.17. The van der Waals surface area contributed by atoms with Crippen LogP contribution in [0.3, 0.4) is 0 Å². The molecular formula is C19H19ClN4O4S. The second-order valence-electron chi connectivity index (χ2n) is 6.32. The predicted octanol–water partition coefficient (Wildman–Crippen LogP) is 2.67. The summed E-state index contributed by atoms with van der Waals surface area (Å²) in [6.45, 7) is -0.283. The molecule has 10 heteroatoms. The lowest BCUT2D eigenvalue weighted by molar-refractivity contribution is -0.130. The Morgan fingerprint density at radius 2 is 1.72 bits per heavy atom. The molecule has 0 radical (unpaired) electrons. The Morgan fingerprint density at radius 3 is 2.41 bits per heavy atom. The number of carbonyl (C=O) groups excluding carboxylic acids is 1. The summed E-state index contributed by atoms with van der Waals surface area (Å²) in [5, 5.41) is 4.37. The summed E-state index contributed by atoms with van der Waals surface area (Å²) >= 11 is 6.13. The second-order valence-corrected chi connectivity index (χ2v) is 8.77. The van der Waals surface area contributed by atoms with Crippen LogP contribution in [0.5, 0.6) is 0 Å². The molecule has 0 atom stereocenters. The third-order valence-electron chi connectivity index (χ3n) is 4.19. The molecule has 0 saturated carbocycles. The van der Waals surface area contributed by atoms with E-state index in [1.165, 1.54) is 31.1 Å². The average molecular weight is 435 g/mol. The van der Waals surface area contributed by atoms with Gasteiger partial charge in [0, 0.05) is 19.7 Å². The summed E-state index contributed by atoms with van der Waals surface area (Å²) < 4.78 is 31.3. The highest BCUT2D eigenvalue weighted by molar-refractivity contribution is 7.89. The van der Waals surface area contributed by atoms with Gasteiger partial charge in [0.15, 0.2) is 0 Å². The Hall–Kier alpha value is -2.75. The van der Waals surface area contributed by atoms with Gasteiger partial charge in [-0.1, -0.05) is 47.1 Å². The molecule has 0 N–H and O–H groups in total. The van der Waals surface area contributed by atoms with Crippen LogP contribution in [0.1, 0.15) is 5.89 Å². The highest BCUT2D eigenvalue weighted by Gasteiger charge is 2.24. The first kappa shape index (κ1) is 21.0. The fraction of sp³-hybridized carbons (Fsp3) is 0.211. The molecule has 1 aromatic heterocycles. The van der Waals surface area contributed by atoms with Crippen LogP contribution in [-0.2, 0) is 21.4 Å². The number of likely N-dealkylation sites (N-methyl/N-ethyl adjacent to an activating group) is 2. The van der Waals surface area contributed by atoms with E-state index in [-0.39, 0.29) is 23.9 Å². The summed E-state index contributed by atoms with van der Waals surface area (Å²) in [7, 11) is -0.868. The summed E-state index contributed by atoms with van der Waals surface area (Å²) in [6, 6.07) is 15.0. The summed E-state index contributed by atoms with van der Waals surface area (Å²) in [5.74, 6) is 0.115. The van der Waals surface area contributed by atoms with Crippen molar-refractivity contribution in [2.24, 2.45) is 0 Å². The number of carbonyl (C=O) groups is 1. The minimum atomic E-state index is -3.76. The number of benzene rings is 2. The van der Waals surface area contributed by atoms with Gasteiger partial charge in [-0.2, -0.15) is 9.29 Å². The van der Waals surface area contributed by atoms with Crippen molar-refractivity contribution in [3.05, 3.63) is 65.5 Å². The molecular weight excluding hydrogens is 416 g/mol. The van der Waals surface area contributed by atoms with Gasteiger partial charge in [0.2, 0.25) is 27.6 Å². The molecule has 8 nitrogen and oxygen atoms in total. The first-order chi connectivity index (χ1) is 13.8. The second kappa shape index (κ2) is 8.73. The number of nitrogens with zero attached hydrogens (tertiary/aromatic N) is 4. The molecule has 0 saturated heterocycles. The third kappa shape index (κ3) is 4.81. The molecule has 0 bridgehead atoms. The van der Waals surface area contributed by atoms with Gasteiger partial charge in [-0.3, -0.25) is 4.79 Å². The maximum Gasteiger partial charge on any atom is 0.246 e. The highest BCUT2D eigenvalue weighted by atomic mass is 35.5. The van der Waals surface area contributed by atoms with Gasteiger partial charge in [0.25, 0.3) is 0 Å². The number of halogens is 1. The van der Waals surface area contributed by atoms with Gasteiger partial charge in [-0.15, -0.1) is 0 Å². The van der Waals surface area contributed by atoms with E-state index >= 15 is 0 Å². The maximum absolute atomic E-state index is 12.5. The van der Waals surface area contributed by atoms with E-state index in [0.717, 1.165) is 4.31 Å². The Bertz CT molecular complexity index is 1100. The van der Waals surface area contributed by atoms with E-state index in [9.17, 15) is 13.2 Å². The zero-order chi connectivity index (χ0) is 21.0. The molecule has 0 aliphatic carbocycles. The van der Waals surface area contributed by atoms with Crippen LogP contribution in [-0.4, -0.2) is 54.3 Å². The molecule has 1 amide bonds. The van der Waals surface area contributed by atoms with Crippen LogP contribution in [0.2, 0.25) is 5.02 Å². The first-order valence-corrected chi connectivity index (χ1v) is 10.4. The highest BCUT2D eigenvalue weighted by Crippen LogP contribution is 2.25. The Balaban J connectivity index is 1.65. The van der Waals surface area contributed by atoms with E-state index < -0.39 is 15.9 Å². The summed E-state index contributed by atoms with van der Waals surface area (Å²) in [6.07, 6.45) is 0. The summed E-state index contributed by atoms with van der Waals surface area (Å²) in [4.78, 5) is 18.2. The molecule has 2 aromatic carbocycles. The fourth-order valence-electron chi connectivity index (χ4n) is 2.53. The molecule has 152 valence electrons. The molecule has 0 aliphatic heterocycles. The lowest BCUT2D eigenvalue weighted by atomic mass is 10.2.